The molecule has 0 saturated heterocycles. The number of nitrogens with two attached hydrogens (primary N) is 1. The maximum Gasteiger partial charge on any atom is 0.271 e. The lowest BCUT2D eigenvalue weighted by atomic mass is 9.92. The second kappa shape index (κ2) is 7.06. The Labute approximate surface area is 132 Å². The van der Waals surface area contributed by atoms with Crippen molar-refractivity contribution in [2.75, 3.05) is 6.54 Å². The smallest absolute Gasteiger partial charge is 0.271 e. The number of nitrogens with one attached hydrogen (secondary N) is 1. The standard InChI is InChI=1S/C13H17Cl2N3O3/c1-3-13(4-2,7-16)17-12(19)9-5-8(18(20)21)6-10(14)11(9)15/h5-6H,3-4,7,16H2,1-2H3,(H,17,19). The quantitative estimate of drug-likeness (QED) is 0.617. The summed E-state index contributed by atoms with van der Waals surface area (Å²) in [6, 6.07) is 2.21. The first-order valence-electron chi connectivity index (χ1n) is 6.46. The highest BCUT2D eigenvalue weighted by Gasteiger charge is 2.29. The van der Waals surface area contributed by atoms with E-state index in [2.05, 4.69) is 5.32 Å². The first kappa shape index (κ1) is 17.7. The Morgan fingerprint density at radius 2 is 1.95 bits per heavy atom. The van der Waals surface area contributed by atoms with Crippen LogP contribution in [0.4, 0.5) is 5.69 Å². The Kier molecular flexibility index (Phi) is 5.95. The summed E-state index contributed by atoms with van der Waals surface area (Å²) in [7, 11) is 0. The van der Waals surface area contributed by atoms with Crippen molar-refractivity contribution >= 4 is 34.8 Å². The number of amides is 1. The molecule has 21 heavy (non-hydrogen) atoms. The van der Waals surface area contributed by atoms with E-state index in [9.17, 15) is 14.9 Å². The summed E-state index contributed by atoms with van der Waals surface area (Å²) in [5.74, 6) is -0.528. The third-order valence-corrected chi connectivity index (χ3v) is 4.39. The van der Waals surface area contributed by atoms with E-state index in [0.29, 0.717) is 12.8 Å². The van der Waals surface area contributed by atoms with E-state index < -0.39 is 16.4 Å². The molecule has 0 bridgehead atoms. The van der Waals surface area contributed by atoms with Crippen molar-refractivity contribution in [1.82, 2.24) is 5.32 Å². The topological polar surface area (TPSA) is 98.3 Å². The van der Waals surface area contributed by atoms with E-state index in [4.69, 9.17) is 28.9 Å². The molecular formula is C13H17Cl2N3O3. The van der Waals surface area contributed by atoms with E-state index >= 15 is 0 Å². The van der Waals surface area contributed by atoms with Gasteiger partial charge in [-0.25, -0.2) is 0 Å². The Morgan fingerprint density at radius 3 is 2.38 bits per heavy atom. The van der Waals surface area contributed by atoms with Gasteiger partial charge in [0.25, 0.3) is 11.6 Å². The first-order valence-corrected chi connectivity index (χ1v) is 7.21. The van der Waals surface area contributed by atoms with Crippen LogP contribution in [0.3, 0.4) is 0 Å². The number of carbonyl (C=O) groups is 1. The van der Waals surface area contributed by atoms with Crippen molar-refractivity contribution in [3.63, 3.8) is 0 Å². The molecule has 0 spiro atoms. The van der Waals surface area contributed by atoms with Gasteiger partial charge in [-0.1, -0.05) is 37.0 Å². The van der Waals surface area contributed by atoms with Gasteiger partial charge >= 0.3 is 0 Å². The van der Waals surface area contributed by atoms with Crippen molar-refractivity contribution in [3.05, 3.63) is 37.9 Å². The van der Waals surface area contributed by atoms with Gasteiger partial charge in [0, 0.05) is 18.7 Å². The maximum absolute atomic E-state index is 12.4. The van der Waals surface area contributed by atoms with Crippen molar-refractivity contribution in [2.24, 2.45) is 5.73 Å². The number of benzene rings is 1. The minimum atomic E-state index is -0.630. The first-order chi connectivity index (χ1) is 9.80. The number of rotatable bonds is 6. The van der Waals surface area contributed by atoms with Crippen LogP contribution in [-0.4, -0.2) is 22.9 Å². The number of hydrogen-bond donors (Lipinski definition) is 2. The van der Waals surface area contributed by atoms with Crippen LogP contribution in [0.25, 0.3) is 0 Å². The number of non-ortho nitro benzene ring substituents is 1. The summed E-state index contributed by atoms with van der Waals surface area (Å²) in [5.41, 5.74) is 4.82. The molecule has 6 nitrogen and oxygen atoms in total. The average Bonchev–Trinajstić information content (AvgIpc) is 2.47. The lowest BCUT2D eigenvalue weighted by Gasteiger charge is -2.31. The second-order valence-electron chi connectivity index (χ2n) is 4.69. The molecule has 1 aromatic carbocycles. The van der Waals surface area contributed by atoms with Gasteiger partial charge in [0.15, 0.2) is 0 Å². The highest BCUT2D eigenvalue weighted by Crippen LogP contribution is 2.31. The molecule has 0 aliphatic carbocycles. The summed E-state index contributed by atoms with van der Waals surface area (Å²) in [5, 5.41) is 13.6. The van der Waals surface area contributed by atoms with Crippen LogP contribution in [0.2, 0.25) is 10.0 Å². The predicted octanol–water partition coefficient (Wildman–Crippen LogP) is 3.15. The molecule has 3 N–H and O–H groups in total. The zero-order valence-corrected chi connectivity index (χ0v) is 13.3. The molecule has 1 aromatic rings. The van der Waals surface area contributed by atoms with Crippen LogP contribution in [0.1, 0.15) is 37.0 Å². The minimum Gasteiger partial charge on any atom is -0.345 e. The van der Waals surface area contributed by atoms with Gasteiger partial charge in [-0.3, -0.25) is 14.9 Å². The Bertz CT molecular complexity index is 552. The Hall–Kier alpha value is -1.37. The normalized spacial score (nSPS) is 11.3. The average molecular weight is 334 g/mol. The van der Waals surface area contributed by atoms with Crippen molar-refractivity contribution in [2.45, 2.75) is 32.2 Å². The van der Waals surface area contributed by atoms with Gasteiger partial charge < -0.3 is 11.1 Å². The molecule has 0 saturated carbocycles. The van der Waals surface area contributed by atoms with Crippen molar-refractivity contribution in [1.29, 1.82) is 0 Å². The highest BCUT2D eigenvalue weighted by molar-refractivity contribution is 6.44. The van der Waals surface area contributed by atoms with E-state index in [1.165, 1.54) is 0 Å². The molecule has 0 aromatic heterocycles. The lowest BCUT2D eigenvalue weighted by Crippen LogP contribution is -2.52. The summed E-state index contributed by atoms with van der Waals surface area (Å²) >= 11 is 11.8. The second-order valence-corrected chi connectivity index (χ2v) is 5.48. The van der Waals surface area contributed by atoms with E-state index in [-0.39, 0.29) is 27.8 Å². The van der Waals surface area contributed by atoms with Crippen LogP contribution in [-0.2, 0) is 0 Å². The van der Waals surface area contributed by atoms with Crippen LogP contribution in [0, 0.1) is 10.1 Å². The minimum absolute atomic E-state index is 0.0158. The number of hydrogen-bond acceptors (Lipinski definition) is 4. The van der Waals surface area contributed by atoms with Crippen LogP contribution in [0.5, 0.6) is 0 Å². The van der Waals surface area contributed by atoms with Crippen molar-refractivity contribution < 1.29 is 9.72 Å². The number of nitro groups is 1. The molecule has 0 heterocycles. The number of nitrogens with zero attached hydrogens (tertiary/aromatic N) is 1. The van der Waals surface area contributed by atoms with Crippen LogP contribution < -0.4 is 11.1 Å². The van der Waals surface area contributed by atoms with Gasteiger partial charge in [0.1, 0.15) is 0 Å². The monoisotopic (exact) mass is 333 g/mol. The summed E-state index contributed by atoms with van der Waals surface area (Å²) in [6.07, 6.45) is 1.26. The maximum atomic E-state index is 12.4. The molecule has 0 aliphatic rings. The zero-order valence-electron chi connectivity index (χ0n) is 11.8. The Balaban J connectivity index is 3.21. The number of halogens is 2. The molecular weight excluding hydrogens is 317 g/mol. The van der Waals surface area contributed by atoms with Gasteiger partial charge in [-0.15, -0.1) is 0 Å². The third-order valence-electron chi connectivity index (χ3n) is 3.59. The van der Waals surface area contributed by atoms with Crippen LogP contribution in [0.15, 0.2) is 12.1 Å². The van der Waals surface area contributed by atoms with Crippen molar-refractivity contribution in [3.8, 4) is 0 Å². The molecule has 116 valence electrons. The van der Waals surface area contributed by atoms with Gasteiger partial charge in [-0.05, 0) is 12.8 Å². The molecule has 8 heteroatoms. The predicted molar refractivity (Wildman–Crippen MR) is 83.0 cm³/mol. The molecule has 0 atom stereocenters. The fraction of sp³-hybridized carbons (Fsp3) is 0.462. The molecule has 0 fully saturated rings. The van der Waals surface area contributed by atoms with E-state index in [1.54, 1.807) is 0 Å². The number of nitro benzene ring substituents is 1. The summed E-state index contributed by atoms with van der Waals surface area (Å²) in [6.45, 7) is 4.06. The molecule has 1 rings (SSSR count). The molecule has 0 unspecified atom stereocenters. The van der Waals surface area contributed by atoms with Gasteiger partial charge in [0.05, 0.1) is 26.1 Å². The van der Waals surface area contributed by atoms with Gasteiger partial charge in [0.2, 0.25) is 0 Å². The van der Waals surface area contributed by atoms with Crippen LogP contribution >= 0.6 is 23.2 Å². The van der Waals surface area contributed by atoms with E-state index in [1.807, 2.05) is 13.8 Å². The fourth-order valence-corrected chi connectivity index (χ4v) is 2.33. The molecule has 1 amide bonds. The van der Waals surface area contributed by atoms with E-state index in [0.717, 1.165) is 12.1 Å². The lowest BCUT2D eigenvalue weighted by molar-refractivity contribution is -0.384. The largest absolute Gasteiger partial charge is 0.345 e. The third kappa shape index (κ3) is 3.84. The molecule has 0 aliphatic heterocycles. The SMILES string of the molecule is CCC(CC)(CN)NC(=O)c1cc([N+](=O)[O-])cc(Cl)c1Cl. The number of carbonyl (C=O) groups excluding carboxylic acids is 1. The van der Waals surface area contributed by atoms with Gasteiger partial charge in [-0.2, -0.15) is 0 Å². The molecule has 0 radical (unpaired) electrons. The summed E-state index contributed by atoms with van der Waals surface area (Å²) < 4.78 is 0. The highest BCUT2D eigenvalue weighted by atomic mass is 35.5. The fourth-order valence-electron chi connectivity index (χ4n) is 1.92. The zero-order chi connectivity index (χ0) is 16.2. The summed E-state index contributed by atoms with van der Waals surface area (Å²) in [4.78, 5) is 22.6. The Morgan fingerprint density at radius 1 is 1.38 bits per heavy atom.